The Balaban J connectivity index is 2.95. The second-order valence-electron chi connectivity index (χ2n) is 8.79. The molecule has 1 aromatic carbocycles. The number of aromatic hydroxyl groups is 1. The van der Waals surface area contributed by atoms with Gasteiger partial charge < -0.3 is 14.9 Å². The average Bonchev–Trinajstić information content (AvgIpc) is 2.55. The lowest BCUT2D eigenvalue weighted by Gasteiger charge is -2.30. The summed E-state index contributed by atoms with van der Waals surface area (Å²) >= 11 is 0. The Hall–Kier alpha value is -1.48. The molecule has 0 spiro atoms. The van der Waals surface area contributed by atoms with Gasteiger partial charge in [-0.05, 0) is 47.8 Å². The molecule has 0 aliphatic heterocycles. The summed E-state index contributed by atoms with van der Waals surface area (Å²) in [6.45, 7) is 16.4. The Labute approximate surface area is 160 Å². The lowest BCUT2D eigenvalue weighted by atomic mass is 9.79. The second-order valence-corrected chi connectivity index (χ2v) is 8.79. The topological polar surface area (TPSA) is 49.7 Å². The molecule has 0 aromatic heterocycles. The highest BCUT2D eigenvalue weighted by molar-refractivity contribution is 5.49. The van der Waals surface area contributed by atoms with Crippen molar-refractivity contribution >= 4 is 0 Å². The molecule has 3 heteroatoms. The van der Waals surface area contributed by atoms with Crippen LogP contribution in [0.4, 0.5) is 0 Å². The van der Waals surface area contributed by atoms with Gasteiger partial charge >= 0.3 is 0 Å². The Kier molecular flexibility index (Phi) is 8.20. The van der Waals surface area contributed by atoms with Crippen molar-refractivity contribution in [2.75, 3.05) is 6.61 Å². The van der Waals surface area contributed by atoms with E-state index in [1.807, 2.05) is 39.0 Å². The molecule has 0 bridgehead atoms. The number of unbranched alkanes of at least 4 members (excludes halogenated alkanes) is 2. The Morgan fingerprint density at radius 2 is 1.85 bits per heavy atom. The van der Waals surface area contributed by atoms with Crippen LogP contribution in [0.2, 0.25) is 0 Å². The number of benzene rings is 1. The molecular formula is C23H38O3. The highest BCUT2D eigenvalue weighted by atomic mass is 16.5. The lowest BCUT2D eigenvalue weighted by molar-refractivity contribution is 0.0126. The van der Waals surface area contributed by atoms with Gasteiger partial charge in [-0.25, -0.2) is 0 Å². The number of aliphatic hydroxyl groups is 1. The molecule has 0 radical (unpaired) electrons. The molecule has 0 fully saturated rings. The van der Waals surface area contributed by atoms with E-state index in [4.69, 9.17) is 4.74 Å². The third kappa shape index (κ3) is 6.05. The largest absolute Gasteiger partial charge is 0.504 e. The van der Waals surface area contributed by atoms with Gasteiger partial charge in [-0.2, -0.15) is 0 Å². The van der Waals surface area contributed by atoms with Crippen molar-refractivity contribution in [1.29, 1.82) is 0 Å². The summed E-state index contributed by atoms with van der Waals surface area (Å²) in [5, 5.41) is 20.8. The van der Waals surface area contributed by atoms with Crippen LogP contribution < -0.4 is 4.74 Å². The zero-order valence-corrected chi connectivity index (χ0v) is 17.6. The minimum Gasteiger partial charge on any atom is -0.504 e. The highest BCUT2D eigenvalue weighted by Crippen LogP contribution is 2.38. The van der Waals surface area contributed by atoms with Crippen LogP contribution >= 0.6 is 0 Å². The molecule has 1 atom stereocenters. The van der Waals surface area contributed by atoms with E-state index in [0.717, 1.165) is 12.0 Å². The van der Waals surface area contributed by atoms with Crippen LogP contribution in [-0.4, -0.2) is 22.9 Å². The average molecular weight is 363 g/mol. The predicted molar refractivity (Wildman–Crippen MR) is 110 cm³/mol. The SMILES string of the molecule is C=CCC(C)(C)C(O)COc1cc(C(C)(C)CCCCC)cc(C)c1O. The Morgan fingerprint density at radius 3 is 2.42 bits per heavy atom. The van der Waals surface area contributed by atoms with Crippen LogP contribution in [0.25, 0.3) is 0 Å². The van der Waals surface area contributed by atoms with E-state index in [0.29, 0.717) is 12.2 Å². The molecule has 0 aliphatic carbocycles. The Morgan fingerprint density at radius 1 is 1.19 bits per heavy atom. The zero-order chi connectivity index (χ0) is 20.0. The molecule has 0 amide bonds. The van der Waals surface area contributed by atoms with E-state index in [-0.39, 0.29) is 23.2 Å². The van der Waals surface area contributed by atoms with Gasteiger partial charge in [0, 0.05) is 0 Å². The molecule has 0 saturated carbocycles. The standard InChI is InChI=1S/C23H38O3/c1-8-10-11-13-22(4,5)18-14-17(3)21(25)19(15-18)26-16-20(24)23(6,7)12-9-2/h9,14-15,20,24-25H,2,8,10-13,16H2,1,3-7H3. The maximum atomic E-state index is 10.4. The van der Waals surface area contributed by atoms with Gasteiger partial charge in [0.15, 0.2) is 11.5 Å². The van der Waals surface area contributed by atoms with Gasteiger partial charge in [0.1, 0.15) is 6.61 Å². The highest BCUT2D eigenvalue weighted by Gasteiger charge is 2.28. The van der Waals surface area contributed by atoms with Gasteiger partial charge in [-0.3, -0.25) is 0 Å². The fourth-order valence-electron chi connectivity index (χ4n) is 3.11. The van der Waals surface area contributed by atoms with Crippen molar-refractivity contribution in [3.63, 3.8) is 0 Å². The minimum absolute atomic E-state index is 0.0203. The molecule has 26 heavy (non-hydrogen) atoms. The van der Waals surface area contributed by atoms with Crippen LogP contribution in [0, 0.1) is 12.3 Å². The fourth-order valence-corrected chi connectivity index (χ4v) is 3.11. The Bertz CT molecular complexity index is 587. The first-order valence-electron chi connectivity index (χ1n) is 9.81. The quantitative estimate of drug-likeness (QED) is 0.380. The summed E-state index contributed by atoms with van der Waals surface area (Å²) < 4.78 is 5.84. The number of rotatable bonds is 11. The minimum atomic E-state index is -0.638. The normalized spacial score (nSPS) is 13.5. The summed E-state index contributed by atoms with van der Waals surface area (Å²) in [6.07, 6.45) is 6.60. The van der Waals surface area contributed by atoms with Crippen LogP contribution in [0.15, 0.2) is 24.8 Å². The van der Waals surface area contributed by atoms with E-state index >= 15 is 0 Å². The van der Waals surface area contributed by atoms with E-state index in [1.54, 1.807) is 0 Å². The number of allylic oxidation sites excluding steroid dienone is 1. The molecule has 1 rings (SSSR count). The van der Waals surface area contributed by atoms with E-state index in [1.165, 1.54) is 24.8 Å². The van der Waals surface area contributed by atoms with E-state index < -0.39 is 6.10 Å². The number of aryl methyl sites for hydroxylation is 1. The smallest absolute Gasteiger partial charge is 0.161 e. The van der Waals surface area contributed by atoms with E-state index in [2.05, 4.69) is 27.4 Å². The van der Waals surface area contributed by atoms with Crippen molar-refractivity contribution in [3.05, 3.63) is 35.9 Å². The monoisotopic (exact) mass is 362 g/mol. The molecule has 1 aromatic rings. The first-order chi connectivity index (χ1) is 12.0. The van der Waals surface area contributed by atoms with Crippen LogP contribution in [0.5, 0.6) is 11.5 Å². The maximum Gasteiger partial charge on any atom is 0.161 e. The third-order valence-electron chi connectivity index (χ3n) is 5.42. The van der Waals surface area contributed by atoms with Crippen molar-refractivity contribution < 1.29 is 14.9 Å². The van der Waals surface area contributed by atoms with Gasteiger partial charge in [-0.1, -0.05) is 66.0 Å². The second kappa shape index (κ2) is 9.45. The number of hydrogen-bond acceptors (Lipinski definition) is 3. The van der Waals surface area contributed by atoms with Crippen LogP contribution in [0.1, 0.15) is 77.8 Å². The summed E-state index contributed by atoms with van der Waals surface area (Å²) in [6, 6.07) is 3.98. The van der Waals surface area contributed by atoms with Crippen molar-refractivity contribution in [3.8, 4) is 11.5 Å². The fraction of sp³-hybridized carbons (Fsp3) is 0.652. The summed E-state index contributed by atoms with van der Waals surface area (Å²) in [4.78, 5) is 0. The van der Waals surface area contributed by atoms with Crippen LogP contribution in [-0.2, 0) is 5.41 Å². The van der Waals surface area contributed by atoms with Crippen molar-refractivity contribution in [2.45, 2.75) is 85.2 Å². The zero-order valence-electron chi connectivity index (χ0n) is 17.6. The molecule has 3 nitrogen and oxygen atoms in total. The molecule has 0 aliphatic rings. The maximum absolute atomic E-state index is 10.4. The summed E-state index contributed by atoms with van der Waals surface area (Å²) in [7, 11) is 0. The number of ether oxygens (including phenoxy) is 1. The van der Waals surface area contributed by atoms with Gasteiger partial charge in [0.25, 0.3) is 0 Å². The predicted octanol–water partition coefficient (Wildman–Crippen LogP) is 5.90. The van der Waals surface area contributed by atoms with Crippen molar-refractivity contribution in [1.82, 2.24) is 0 Å². The summed E-state index contributed by atoms with van der Waals surface area (Å²) in [5.74, 6) is 0.615. The number of hydrogen-bond donors (Lipinski definition) is 2. The molecule has 0 saturated heterocycles. The molecule has 0 heterocycles. The van der Waals surface area contributed by atoms with Crippen LogP contribution in [0.3, 0.4) is 0 Å². The first-order valence-corrected chi connectivity index (χ1v) is 9.81. The molecule has 1 unspecified atom stereocenters. The summed E-state index contributed by atoms with van der Waals surface area (Å²) in [5.41, 5.74) is 1.68. The molecule has 2 N–H and O–H groups in total. The first kappa shape index (κ1) is 22.6. The third-order valence-corrected chi connectivity index (χ3v) is 5.42. The molecule has 148 valence electrons. The number of phenols is 1. The van der Waals surface area contributed by atoms with E-state index in [9.17, 15) is 10.2 Å². The van der Waals surface area contributed by atoms with Gasteiger partial charge in [-0.15, -0.1) is 6.58 Å². The molecular weight excluding hydrogens is 324 g/mol. The number of phenolic OH excluding ortho intramolecular Hbond substituents is 1. The van der Waals surface area contributed by atoms with Crippen molar-refractivity contribution in [2.24, 2.45) is 5.41 Å². The van der Waals surface area contributed by atoms with Gasteiger partial charge in [0.2, 0.25) is 0 Å². The van der Waals surface area contributed by atoms with Gasteiger partial charge in [0.05, 0.1) is 6.10 Å². The number of aliphatic hydroxyl groups excluding tert-OH is 1. The lowest BCUT2D eigenvalue weighted by Crippen LogP contribution is -2.34.